The SMILES string of the molecule is COc1cc(Nc2ncccc2Br)cc(OC)c1. The van der Waals surface area contributed by atoms with Crippen LogP contribution in [0.2, 0.25) is 0 Å². The number of methoxy groups -OCH3 is 2. The number of ether oxygens (including phenoxy) is 2. The summed E-state index contributed by atoms with van der Waals surface area (Å²) in [6, 6.07) is 9.36. The van der Waals surface area contributed by atoms with Gasteiger partial charge in [0.15, 0.2) is 0 Å². The van der Waals surface area contributed by atoms with Crippen molar-refractivity contribution in [3.63, 3.8) is 0 Å². The van der Waals surface area contributed by atoms with Gasteiger partial charge in [-0.15, -0.1) is 0 Å². The van der Waals surface area contributed by atoms with Crippen LogP contribution in [0.4, 0.5) is 11.5 Å². The summed E-state index contributed by atoms with van der Waals surface area (Å²) in [4.78, 5) is 4.24. The lowest BCUT2D eigenvalue weighted by molar-refractivity contribution is 0.395. The van der Waals surface area contributed by atoms with Crippen LogP contribution >= 0.6 is 15.9 Å². The first kappa shape index (κ1) is 12.7. The first-order chi connectivity index (χ1) is 8.72. The molecular formula is C13H13BrN2O2. The second-order valence-corrected chi connectivity index (χ2v) is 4.41. The van der Waals surface area contributed by atoms with Crippen molar-refractivity contribution in [1.82, 2.24) is 4.98 Å². The van der Waals surface area contributed by atoms with E-state index in [-0.39, 0.29) is 0 Å². The van der Waals surface area contributed by atoms with E-state index in [0.717, 1.165) is 27.5 Å². The highest BCUT2D eigenvalue weighted by molar-refractivity contribution is 9.10. The fourth-order valence-electron chi connectivity index (χ4n) is 1.49. The van der Waals surface area contributed by atoms with Gasteiger partial charge in [-0.2, -0.15) is 0 Å². The lowest BCUT2D eigenvalue weighted by Crippen LogP contribution is -1.96. The van der Waals surface area contributed by atoms with E-state index in [0.29, 0.717) is 0 Å². The van der Waals surface area contributed by atoms with Crippen molar-refractivity contribution < 1.29 is 9.47 Å². The molecule has 0 aliphatic heterocycles. The zero-order valence-electron chi connectivity index (χ0n) is 10.1. The fourth-order valence-corrected chi connectivity index (χ4v) is 1.85. The molecule has 1 aromatic carbocycles. The van der Waals surface area contributed by atoms with Gasteiger partial charge in [0.05, 0.1) is 18.7 Å². The van der Waals surface area contributed by atoms with E-state index in [1.165, 1.54) is 0 Å². The van der Waals surface area contributed by atoms with Gasteiger partial charge >= 0.3 is 0 Å². The van der Waals surface area contributed by atoms with Crippen molar-refractivity contribution in [3.8, 4) is 11.5 Å². The molecule has 0 amide bonds. The highest BCUT2D eigenvalue weighted by Crippen LogP contribution is 2.29. The molecule has 0 saturated heterocycles. The molecule has 0 saturated carbocycles. The zero-order valence-corrected chi connectivity index (χ0v) is 11.7. The summed E-state index contributed by atoms with van der Waals surface area (Å²) in [5.41, 5.74) is 0.852. The maximum absolute atomic E-state index is 5.21. The van der Waals surface area contributed by atoms with Crippen LogP contribution in [0.15, 0.2) is 41.0 Å². The van der Waals surface area contributed by atoms with Crippen LogP contribution in [0.25, 0.3) is 0 Å². The van der Waals surface area contributed by atoms with Crippen molar-refractivity contribution in [2.24, 2.45) is 0 Å². The third-order valence-corrected chi connectivity index (χ3v) is 3.01. The zero-order chi connectivity index (χ0) is 13.0. The molecule has 0 aliphatic carbocycles. The predicted octanol–water partition coefficient (Wildman–Crippen LogP) is 3.60. The second kappa shape index (κ2) is 5.73. The molecule has 0 bridgehead atoms. The van der Waals surface area contributed by atoms with Crippen LogP contribution in [-0.4, -0.2) is 19.2 Å². The summed E-state index contributed by atoms with van der Waals surface area (Å²) in [5, 5.41) is 3.20. The molecule has 0 radical (unpaired) electrons. The van der Waals surface area contributed by atoms with Crippen molar-refractivity contribution in [1.29, 1.82) is 0 Å². The Bertz CT molecular complexity index is 524. The number of hydrogen-bond donors (Lipinski definition) is 1. The highest BCUT2D eigenvalue weighted by atomic mass is 79.9. The first-order valence-electron chi connectivity index (χ1n) is 5.33. The monoisotopic (exact) mass is 308 g/mol. The lowest BCUT2D eigenvalue weighted by Gasteiger charge is -2.11. The Morgan fingerprint density at radius 1 is 1.11 bits per heavy atom. The number of pyridine rings is 1. The number of aromatic nitrogens is 1. The molecule has 5 heteroatoms. The van der Waals surface area contributed by atoms with Crippen LogP contribution in [0.1, 0.15) is 0 Å². The fraction of sp³-hybridized carbons (Fsp3) is 0.154. The summed E-state index contributed by atoms with van der Waals surface area (Å²) >= 11 is 3.44. The number of hydrogen-bond acceptors (Lipinski definition) is 4. The molecule has 0 unspecified atom stereocenters. The molecule has 18 heavy (non-hydrogen) atoms. The van der Waals surface area contributed by atoms with E-state index in [1.807, 2.05) is 30.3 Å². The normalized spacial score (nSPS) is 9.94. The van der Waals surface area contributed by atoms with Crippen molar-refractivity contribution in [3.05, 3.63) is 41.0 Å². The quantitative estimate of drug-likeness (QED) is 0.937. The molecule has 0 spiro atoms. The maximum Gasteiger partial charge on any atom is 0.144 e. The molecule has 0 atom stereocenters. The van der Waals surface area contributed by atoms with E-state index < -0.39 is 0 Å². The molecule has 4 nitrogen and oxygen atoms in total. The summed E-state index contributed by atoms with van der Waals surface area (Å²) in [7, 11) is 3.24. The number of nitrogens with zero attached hydrogens (tertiary/aromatic N) is 1. The molecular weight excluding hydrogens is 296 g/mol. The largest absolute Gasteiger partial charge is 0.497 e. The number of anilines is 2. The second-order valence-electron chi connectivity index (χ2n) is 3.56. The third kappa shape index (κ3) is 2.92. The van der Waals surface area contributed by atoms with Crippen LogP contribution < -0.4 is 14.8 Å². The summed E-state index contributed by atoms with van der Waals surface area (Å²) in [6.07, 6.45) is 1.73. The van der Waals surface area contributed by atoms with Gasteiger partial charge in [-0.1, -0.05) is 0 Å². The van der Waals surface area contributed by atoms with Gasteiger partial charge < -0.3 is 14.8 Å². The van der Waals surface area contributed by atoms with Crippen LogP contribution in [0.5, 0.6) is 11.5 Å². The Kier molecular flexibility index (Phi) is 4.04. The van der Waals surface area contributed by atoms with Gasteiger partial charge in [-0.3, -0.25) is 0 Å². The van der Waals surface area contributed by atoms with Crippen LogP contribution in [0.3, 0.4) is 0 Å². The topological polar surface area (TPSA) is 43.4 Å². The minimum Gasteiger partial charge on any atom is -0.497 e. The van der Waals surface area contributed by atoms with Crippen LogP contribution in [-0.2, 0) is 0 Å². The Hall–Kier alpha value is -1.75. The average molecular weight is 309 g/mol. The molecule has 2 rings (SSSR count). The Morgan fingerprint density at radius 2 is 1.78 bits per heavy atom. The minimum atomic E-state index is 0.726. The number of nitrogens with one attached hydrogen (secondary N) is 1. The Balaban J connectivity index is 2.31. The van der Waals surface area contributed by atoms with Crippen molar-refractivity contribution in [2.45, 2.75) is 0 Å². The van der Waals surface area contributed by atoms with E-state index in [1.54, 1.807) is 20.4 Å². The lowest BCUT2D eigenvalue weighted by atomic mass is 10.2. The molecule has 1 heterocycles. The van der Waals surface area contributed by atoms with Crippen molar-refractivity contribution >= 4 is 27.4 Å². The van der Waals surface area contributed by atoms with E-state index in [2.05, 4.69) is 26.2 Å². The van der Waals surface area contributed by atoms with E-state index >= 15 is 0 Å². The minimum absolute atomic E-state index is 0.726. The van der Waals surface area contributed by atoms with Gasteiger partial charge in [0, 0.05) is 30.1 Å². The molecule has 2 aromatic rings. The molecule has 0 aliphatic rings. The predicted molar refractivity (Wildman–Crippen MR) is 74.8 cm³/mol. The first-order valence-corrected chi connectivity index (χ1v) is 6.13. The average Bonchev–Trinajstić information content (AvgIpc) is 2.41. The number of rotatable bonds is 4. The van der Waals surface area contributed by atoms with Crippen LogP contribution in [0, 0.1) is 0 Å². The maximum atomic E-state index is 5.21. The van der Waals surface area contributed by atoms with Gasteiger partial charge in [-0.25, -0.2) is 4.98 Å². The highest BCUT2D eigenvalue weighted by Gasteiger charge is 2.04. The summed E-state index contributed by atoms with van der Waals surface area (Å²) in [5.74, 6) is 2.20. The van der Waals surface area contributed by atoms with Gasteiger partial charge in [-0.05, 0) is 28.1 Å². The Labute approximate surface area is 114 Å². The van der Waals surface area contributed by atoms with E-state index in [9.17, 15) is 0 Å². The smallest absolute Gasteiger partial charge is 0.144 e. The number of benzene rings is 1. The van der Waals surface area contributed by atoms with Gasteiger partial charge in [0.2, 0.25) is 0 Å². The molecule has 1 aromatic heterocycles. The molecule has 0 fully saturated rings. The van der Waals surface area contributed by atoms with Crippen molar-refractivity contribution in [2.75, 3.05) is 19.5 Å². The summed E-state index contributed by atoms with van der Waals surface area (Å²) < 4.78 is 11.3. The molecule has 94 valence electrons. The van der Waals surface area contributed by atoms with E-state index in [4.69, 9.17) is 9.47 Å². The Morgan fingerprint density at radius 3 is 2.33 bits per heavy atom. The van der Waals surface area contributed by atoms with Gasteiger partial charge in [0.25, 0.3) is 0 Å². The summed E-state index contributed by atoms with van der Waals surface area (Å²) in [6.45, 7) is 0. The molecule has 1 N–H and O–H groups in total. The third-order valence-electron chi connectivity index (χ3n) is 2.37. The standard InChI is InChI=1S/C13H13BrN2O2/c1-17-10-6-9(7-11(8-10)18-2)16-13-12(14)4-3-5-15-13/h3-8H,1-2H3,(H,15,16). The number of halogens is 1. The van der Waals surface area contributed by atoms with Gasteiger partial charge in [0.1, 0.15) is 17.3 Å².